The molecule has 3 aromatic carbocycles. The molecule has 0 saturated carbocycles. The number of anilines is 1. The minimum Gasteiger partial charge on any atom is -0.355 e. The molecule has 0 spiro atoms. The number of aryl methyl sites for hydroxylation is 1. The molecule has 3 aromatic rings. The molecule has 0 aliphatic heterocycles. The quantitative estimate of drug-likeness (QED) is 0.423. The number of nitrogens with zero attached hydrogens (tertiary/aromatic N) is 2. The summed E-state index contributed by atoms with van der Waals surface area (Å²) >= 11 is 6.35. The zero-order chi connectivity index (χ0) is 26.3. The number of hydrogen-bond donors (Lipinski definition) is 1. The lowest BCUT2D eigenvalue weighted by Gasteiger charge is -2.32. The van der Waals surface area contributed by atoms with Crippen LogP contribution in [0, 0.1) is 6.92 Å². The molecule has 0 heterocycles. The minimum atomic E-state index is -4.08. The number of carbonyl (C=O) groups is 2. The predicted octanol–water partition coefficient (Wildman–Crippen LogP) is 4.40. The molecule has 3 rings (SSSR count). The fourth-order valence-electron chi connectivity index (χ4n) is 3.79. The van der Waals surface area contributed by atoms with Crippen molar-refractivity contribution < 1.29 is 18.0 Å². The summed E-state index contributed by atoms with van der Waals surface area (Å²) in [5.41, 5.74) is 1.73. The van der Waals surface area contributed by atoms with Crippen LogP contribution >= 0.6 is 11.6 Å². The van der Waals surface area contributed by atoms with E-state index >= 15 is 0 Å². The molecule has 36 heavy (non-hydrogen) atoms. The van der Waals surface area contributed by atoms with Gasteiger partial charge in [0.15, 0.2) is 0 Å². The second-order valence-corrected chi connectivity index (χ2v) is 10.6. The molecule has 1 atom stereocenters. The summed E-state index contributed by atoms with van der Waals surface area (Å²) in [6.07, 6.45) is 0. The van der Waals surface area contributed by atoms with Crippen molar-refractivity contribution in [3.05, 3.63) is 95.0 Å². The molecular weight excluding hydrogens is 498 g/mol. The van der Waals surface area contributed by atoms with E-state index in [1.807, 2.05) is 0 Å². The third-order valence-corrected chi connectivity index (χ3v) is 7.95. The van der Waals surface area contributed by atoms with E-state index in [2.05, 4.69) is 5.32 Å². The molecule has 0 aliphatic carbocycles. The predicted molar refractivity (Wildman–Crippen MR) is 142 cm³/mol. The van der Waals surface area contributed by atoms with Crippen LogP contribution in [0.4, 0.5) is 5.69 Å². The van der Waals surface area contributed by atoms with Gasteiger partial charge in [-0.1, -0.05) is 66.2 Å². The number of nitrogens with one attached hydrogen (secondary N) is 1. The Balaban J connectivity index is 2.04. The number of halogens is 1. The van der Waals surface area contributed by atoms with E-state index in [9.17, 15) is 18.0 Å². The van der Waals surface area contributed by atoms with Gasteiger partial charge in [-0.3, -0.25) is 13.9 Å². The average molecular weight is 528 g/mol. The Kier molecular flexibility index (Phi) is 9.12. The van der Waals surface area contributed by atoms with Crippen LogP contribution in [0.15, 0.2) is 83.8 Å². The first-order valence-electron chi connectivity index (χ1n) is 11.6. The largest absolute Gasteiger partial charge is 0.355 e. The van der Waals surface area contributed by atoms with Crippen LogP contribution in [0.1, 0.15) is 25.0 Å². The Hall–Kier alpha value is -3.36. The smallest absolute Gasteiger partial charge is 0.264 e. The standard InChI is InChI=1S/C27H30ClN3O4S/c1-4-29-27(33)21(3)30(18-22-13-9-10-16-24(22)28)26(32)19-31(25-17-11-8-12-20(25)2)36(34,35)23-14-6-5-7-15-23/h5-17,21H,4,18-19H2,1-3H3,(H,29,33)/t21-/m1/s1. The second kappa shape index (κ2) is 12.1. The molecule has 190 valence electrons. The Bertz CT molecular complexity index is 1320. The lowest BCUT2D eigenvalue weighted by molar-refractivity contribution is -0.139. The zero-order valence-electron chi connectivity index (χ0n) is 20.5. The van der Waals surface area contributed by atoms with Gasteiger partial charge in [0, 0.05) is 18.1 Å². The molecule has 0 radical (unpaired) electrons. The van der Waals surface area contributed by atoms with Crippen molar-refractivity contribution >= 4 is 39.1 Å². The van der Waals surface area contributed by atoms with Crippen molar-refractivity contribution in [2.45, 2.75) is 38.3 Å². The number of amides is 2. The lowest BCUT2D eigenvalue weighted by atomic mass is 10.1. The van der Waals surface area contributed by atoms with Crippen molar-refractivity contribution in [2.75, 3.05) is 17.4 Å². The summed E-state index contributed by atoms with van der Waals surface area (Å²) in [6, 6.07) is 21.1. The molecule has 2 amide bonds. The topological polar surface area (TPSA) is 86.8 Å². The van der Waals surface area contributed by atoms with E-state index in [4.69, 9.17) is 11.6 Å². The highest BCUT2D eigenvalue weighted by Gasteiger charge is 2.33. The van der Waals surface area contributed by atoms with Gasteiger partial charge in [0.25, 0.3) is 10.0 Å². The van der Waals surface area contributed by atoms with Gasteiger partial charge in [0.2, 0.25) is 11.8 Å². The van der Waals surface area contributed by atoms with Gasteiger partial charge < -0.3 is 10.2 Å². The highest BCUT2D eigenvalue weighted by Crippen LogP contribution is 2.27. The summed E-state index contributed by atoms with van der Waals surface area (Å²) in [7, 11) is -4.08. The van der Waals surface area contributed by atoms with Crippen molar-refractivity contribution in [2.24, 2.45) is 0 Å². The summed E-state index contributed by atoms with van der Waals surface area (Å²) < 4.78 is 28.5. The highest BCUT2D eigenvalue weighted by molar-refractivity contribution is 7.92. The highest BCUT2D eigenvalue weighted by atomic mass is 35.5. The summed E-state index contributed by atoms with van der Waals surface area (Å²) in [5.74, 6) is -0.873. The second-order valence-electron chi connectivity index (χ2n) is 8.29. The molecule has 0 saturated heterocycles. The van der Waals surface area contributed by atoms with Crippen LogP contribution in [0.3, 0.4) is 0 Å². The van der Waals surface area contributed by atoms with Gasteiger partial charge in [0.1, 0.15) is 12.6 Å². The molecule has 0 aliphatic rings. The first-order valence-corrected chi connectivity index (χ1v) is 13.4. The van der Waals surface area contributed by atoms with Crippen molar-refractivity contribution in [1.82, 2.24) is 10.2 Å². The minimum absolute atomic E-state index is 0.0454. The molecule has 1 N–H and O–H groups in total. The van der Waals surface area contributed by atoms with Crippen LogP contribution in [-0.2, 0) is 26.2 Å². The fraction of sp³-hybridized carbons (Fsp3) is 0.259. The number of sulfonamides is 1. The lowest BCUT2D eigenvalue weighted by Crippen LogP contribution is -2.51. The van der Waals surface area contributed by atoms with Crippen molar-refractivity contribution in [3.63, 3.8) is 0 Å². The van der Waals surface area contributed by atoms with Gasteiger partial charge in [-0.15, -0.1) is 0 Å². The fourth-order valence-corrected chi connectivity index (χ4v) is 5.49. The van der Waals surface area contributed by atoms with Gasteiger partial charge in [-0.25, -0.2) is 8.42 Å². The number of hydrogen-bond acceptors (Lipinski definition) is 4. The normalized spacial score (nSPS) is 12.0. The van der Waals surface area contributed by atoms with E-state index in [-0.39, 0.29) is 17.3 Å². The third kappa shape index (κ3) is 6.25. The van der Waals surface area contributed by atoms with Crippen LogP contribution in [0.2, 0.25) is 5.02 Å². The maximum absolute atomic E-state index is 13.8. The van der Waals surface area contributed by atoms with E-state index in [1.54, 1.807) is 87.5 Å². The summed E-state index contributed by atoms with van der Waals surface area (Å²) in [4.78, 5) is 27.9. The maximum atomic E-state index is 13.8. The van der Waals surface area contributed by atoms with Crippen LogP contribution in [0.25, 0.3) is 0 Å². The molecule has 0 bridgehead atoms. The van der Waals surface area contributed by atoms with Crippen LogP contribution in [-0.4, -0.2) is 44.3 Å². The third-order valence-electron chi connectivity index (χ3n) is 5.81. The Labute approximate surface area is 217 Å². The number of carbonyl (C=O) groups excluding carboxylic acids is 2. The molecule has 7 nitrogen and oxygen atoms in total. The van der Waals surface area contributed by atoms with Crippen LogP contribution in [0.5, 0.6) is 0 Å². The van der Waals surface area contributed by atoms with Crippen LogP contribution < -0.4 is 9.62 Å². The van der Waals surface area contributed by atoms with Gasteiger partial charge >= 0.3 is 0 Å². The Morgan fingerprint density at radius 3 is 2.19 bits per heavy atom. The van der Waals surface area contributed by atoms with Crippen molar-refractivity contribution in [1.29, 1.82) is 0 Å². The summed E-state index contributed by atoms with van der Waals surface area (Å²) in [6.45, 7) is 5.14. The first kappa shape index (κ1) is 27.2. The van der Waals surface area contributed by atoms with Gasteiger partial charge in [0.05, 0.1) is 10.6 Å². The molecule has 0 fully saturated rings. The zero-order valence-corrected chi connectivity index (χ0v) is 22.1. The SMILES string of the molecule is CCNC(=O)[C@@H](C)N(Cc1ccccc1Cl)C(=O)CN(c1ccccc1C)S(=O)(=O)c1ccccc1. The Morgan fingerprint density at radius 1 is 0.944 bits per heavy atom. The molecular formula is C27H30ClN3O4S. The first-order chi connectivity index (χ1) is 17.2. The van der Waals surface area contributed by atoms with E-state index < -0.39 is 28.5 Å². The number of para-hydroxylation sites is 1. The maximum Gasteiger partial charge on any atom is 0.264 e. The monoisotopic (exact) mass is 527 g/mol. The average Bonchev–Trinajstić information content (AvgIpc) is 2.87. The van der Waals surface area contributed by atoms with E-state index in [0.717, 1.165) is 4.31 Å². The van der Waals surface area contributed by atoms with Gasteiger partial charge in [-0.2, -0.15) is 0 Å². The van der Waals surface area contributed by atoms with Gasteiger partial charge in [-0.05, 0) is 56.2 Å². The van der Waals surface area contributed by atoms with E-state index in [0.29, 0.717) is 28.4 Å². The summed E-state index contributed by atoms with van der Waals surface area (Å²) in [5, 5.41) is 3.18. The molecule has 9 heteroatoms. The molecule has 0 unspecified atom stereocenters. The van der Waals surface area contributed by atoms with E-state index in [1.165, 1.54) is 17.0 Å². The Morgan fingerprint density at radius 2 is 1.56 bits per heavy atom. The molecule has 0 aromatic heterocycles. The number of benzene rings is 3. The van der Waals surface area contributed by atoms with Crippen molar-refractivity contribution in [3.8, 4) is 0 Å². The number of rotatable bonds is 10. The number of likely N-dealkylation sites (N-methyl/N-ethyl adjacent to an activating group) is 1.